The topological polar surface area (TPSA) is 61.8 Å². The second kappa shape index (κ2) is 12.9. The molecule has 8 heteroatoms. The van der Waals surface area contributed by atoms with Crippen LogP contribution in [0.2, 0.25) is 0 Å². The van der Waals surface area contributed by atoms with Gasteiger partial charge in [0.1, 0.15) is 0 Å². The second-order valence-electron chi connectivity index (χ2n) is 6.62. The summed E-state index contributed by atoms with van der Waals surface area (Å²) in [7, 11) is 1.82. The molecule has 26 heavy (non-hydrogen) atoms. The van der Waals surface area contributed by atoms with Crippen LogP contribution in [-0.2, 0) is 17.6 Å². The molecule has 1 aromatic heterocycles. The third-order valence-corrected chi connectivity index (χ3v) is 5.45. The molecule has 2 atom stereocenters. The summed E-state index contributed by atoms with van der Waals surface area (Å²) in [6, 6.07) is 0. The number of aryl methyl sites for hydroxylation is 1. The molecule has 2 heterocycles. The highest BCUT2D eigenvalue weighted by molar-refractivity contribution is 14.0. The quantitative estimate of drug-likeness (QED) is 0.251. The first kappa shape index (κ1) is 23.6. The van der Waals surface area contributed by atoms with Crippen molar-refractivity contribution in [2.24, 2.45) is 4.99 Å². The average molecular weight is 495 g/mol. The van der Waals surface area contributed by atoms with Crippen LogP contribution >= 0.6 is 35.3 Å². The van der Waals surface area contributed by atoms with Crippen LogP contribution < -0.4 is 10.6 Å². The smallest absolute Gasteiger partial charge is 0.190 e. The van der Waals surface area contributed by atoms with Gasteiger partial charge in [0.05, 0.1) is 17.2 Å². The van der Waals surface area contributed by atoms with Crippen molar-refractivity contribution in [1.29, 1.82) is 0 Å². The fraction of sp³-hybridized carbons (Fsp3) is 0.778. The van der Waals surface area contributed by atoms with Crippen molar-refractivity contribution in [2.75, 3.05) is 39.8 Å². The van der Waals surface area contributed by atoms with Gasteiger partial charge in [0.15, 0.2) is 5.96 Å². The third kappa shape index (κ3) is 8.49. The van der Waals surface area contributed by atoms with Crippen LogP contribution in [0.25, 0.3) is 0 Å². The molecular formula is C18H34IN5OS. The summed E-state index contributed by atoms with van der Waals surface area (Å²) in [5.74, 6) is 0.871. The van der Waals surface area contributed by atoms with Gasteiger partial charge in [0.2, 0.25) is 0 Å². The molecule has 0 bridgehead atoms. The maximum atomic E-state index is 5.78. The van der Waals surface area contributed by atoms with Crippen molar-refractivity contribution >= 4 is 41.3 Å². The fourth-order valence-electron chi connectivity index (χ4n) is 3.11. The molecule has 2 N–H and O–H groups in total. The van der Waals surface area contributed by atoms with E-state index in [9.17, 15) is 0 Å². The predicted octanol–water partition coefficient (Wildman–Crippen LogP) is 2.53. The van der Waals surface area contributed by atoms with Gasteiger partial charge in [-0.15, -0.1) is 35.3 Å². The minimum atomic E-state index is 0. The van der Waals surface area contributed by atoms with Crippen LogP contribution in [-0.4, -0.2) is 67.8 Å². The maximum Gasteiger partial charge on any atom is 0.190 e. The average Bonchev–Trinajstić information content (AvgIpc) is 3.04. The number of aromatic nitrogens is 1. The van der Waals surface area contributed by atoms with Gasteiger partial charge in [0.25, 0.3) is 0 Å². The van der Waals surface area contributed by atoms with Crippen molar-refractivity contribution in [3.05, 3.63) is 16.1 Å². The Kier molecular flexibility index (Phi) is 11.7. The van der Waals surface area contributed by atoms with Gasteiger partial charge >= 0.3 is 0 Å². The molecular weight excluding hydrogens is 461 g/mol. The lowest BCUT2D eigenvalue weighted by Gasteiger charge is -2.35. The van der Waals surface area contributed by atoms with Crippen LogP contribution in [0.15, 0.2) is 11.2 Å². The number of ether oxygens (including phenoxy) is 1. The molecule has 2 unspecified atom stereocenters. The van der Waals surface area contributed by atoms with E-state index in [-0.39, 0.29) is 24.0 Å². The summed E-state index contributed by atoms with van der Waals surface area (Å²) in [5, 5.41) is 7.96. The molecule has 1 aliphatic heterocycles. The summed E-state index contributed by atoms with van der Waals surface area (Å²) in [6.45, 7) is 11.4. The van der Waals surface area contributed by atoms with Crippen LogP contribution in [0.4, 0.5) is 0 Å². The summed E-state index contributed by atoms with van der Waals surface area (Å²) < 4.78 is 5.78. The number of hydrogen-bond acceptors (Lipinski definition) is 5. The van der Waals surface area contributed by atoms with E-state index in [0.717, 1.165) is 57.9 Å². The Bertz CT molecular complexity index is 529. The standard InChI is InChI=1S/C18H33N5OS.HI/c1-5-16-11-22-17(25-16)7-9-21-18(19-4)20-8-6-10-23-12-14(2)24-15(3)13-23;/h11,14-15H,5-10,12-13H2,1-4H3,(H2,19,20,21);1H. The van der Waals surface area contributed by atoms with E-state index in [1.807, 2.05) is 13.2 Å². The molecule has 0 aromatic carbocycles. The maximum absolute atomic E-state index is 5.78. The van der Waals surface area contributed by atoms with Gasteiger partial charge in [-0.05, 0) is 26.7 Å². The Morgan fingerprint density at radius 1 is 1.31 bits per heavy atom. The first-order chi connectivity index (χ1) is 12.1. The summed E-state index contributed by atoms with van der Waals surface area (Å²) in [4.78, 5) is 12.6. The van der Waals surface area contributed by atoms with Gasteiger partial charge in [0, 0.05) is 57.3 Å². The minimum absolute atomic E-state index is 0. The predicted molar refractivity (Wildman–Crippen MR) is 121 cm³/mol. The molecule has 0 amide bonds. The minimum Gasteiger partial charge on any atom is -0.373 e. The Labute approximate surface area is 179 Å². The molecule has 0 saturated carbocycles. The van der Waals surface area contributed by atoms with Crippen molar-refractivity contribution in [2.45, 2.75) is 52.2 Å². The zero-order valence-corrected chi connectivity index (χ0v) is 19.6. The molecule has 1 aromatic rings. The number of thiazole rings is 1. The zero-order valence-electron chi connectivity index (χ0n) is 16.5. The van der Waals surface area contributed by atoms with E-state index in [4.69, 9.17) is 4.74 Å². The van der Waals surface area contributed by atoms with Crippen molar-refractivity contribution < 1.29 is 4.74 Å². The molecule has 1 aliphatic rings. The fourth-order valence-corrected chi connectivity index (χ4v) is 3.97. The van der Waals surface area contributed by atoms with E-state index in [0.29, 0.717) is 12.2 Å². The highest BCUT2D eigenvalue weighted by Crippen LogP contribution is 2.13. The highest BCUT2D eigenvalue weighted by atomic mass is 127. The molecule has 0 aliphatic carbocycles. The molecule has 0 spiro atoms. The summed E-state index contributed by atoms with van der Waals surface area (Å²) in [6.07, 6.45) is 5.77. The summed E-state index contributed by atoms with van der Waals surface area (Å²) >= 11 is 1.80. The number of morpholine rings is 1. The lowest BCUT2D eigenvalue weighted by Crippen LogP contribution is -2.46. The second-order valence-corrected chi connectivity index (χ2v) is 7.82. The van der Waals surface area contributed by atoms with Crippen LogP contribution in [0.5, 0.6) is 0 Å². The van der Waals surface area contributed by atoms with E-state index in [1.165, 1.54) is 9.88 Å². The molecule has 1 fully saturated rings. The van der Waals surface area contributed by atoms with Gasteiger partial charge in [-0.1, -0.05) is 6.92 Å². The largest absolute Gasteiger partial charge is 0.373 e. The molecule has 1 saturated heterocycles. The number of aliphatic imine (C=N–C) groups is 1. The first-order valence-corrected chi connectivity index (χ1v) is 10.2. The Morgan fingerprint density at radius 3 is 2.62 bits per heavy atom. The van der Waals surface area contributed by atoms with Crippen LogP contribution in [0.3, 0.4) is 0 Å². The number of guanidine groups is 1. The Morgan fingerprint density at radius 2 is 2.00 bits per heavy atom. The highest BCUT2D eigenvalue weighted by Gasteiger charge is 2.21. The number of nitrogens with zero attached hydrogens (tertiary/aromatic N) is 3. The van der Waals surface area contributed by atoms with Crippen LogP contribution in [0, 0.1) is 0 Å². The lowest BCUT2D eigenvalue weighted by atomic mass is 10.2. The van der Waals surface area contributed by atoms with Gasteiger partial charge < -0.3 is 15.4 Å². The number of rotatable bonds is 8. The first-order valence-electron chi connectivity index (χ1n) is 9.36. The van der Waals surface area contributed by atoms with E-state index >= 15 is 0 Å². The van der Waals surface area contributed by atoms with E-state index in [2.05, 4.69) is 46.3 Å². The number of hydrogen-bond donors (Lipinski definition) is 2. The SMILES string of the molecule is CCc1cnc(CCNC(=NC)NCCCN2CC(C)OC(C)C2)s1.I. The normalized spacial score (nSPS) is 21.3. The van der Waals surface area contributed by atoms with Gasteiger partial charge in [-0.25, -0.2) is 4.98 Å². The Balaban J connectivity index is 0.00000338. The monoisotopic (exact) mass is 495 g/mol. The van der Waals surface area contributed by atoms with Crippen molar-refractivity contribution in [3.8, 4) is 0 Å². The lowest BCUT2D eigenvalue weighted by molar-refractivity contribution is -0.0679. The summed E-state index contributed by atoms with van der Waals surface area (Å²) in [5.41, 5.74) is 0. The van der Waals surface area contributed by atoms with Crippen molar-refractivity contribution in [1.82, 2.24) is 20.5 Å². The van der Waals surface area contributed by atoms with Crippen molar-refractivity contribution in [3.63, 3.8) is 0 Å². The molecule has 6 nitrogen and oxygen atoms in total. The molecule has 2 rings (SSSR count). The zero-order chi connectivity index (χ0) is 18.1. The van der Waals surface area contributed by atoms with E-state index < -0.39 is 0 Å². The number of nitrogens with one attached hydrogen (secondary N) is 2. The van der Waals surface area contributed by atoms with Gasteiger partial charge in [-0.3, -0.25) is 9.89 Å². The third-order valence-electron chi connectivity index (χ3n) is 4.24. The molecule has 0 radical (unpaired) electrons. The molecule has 150 valence electrons. The number of halogens is 1. The van der Waals surface area contributed by atoms with Gasteiger partial charge in [-0.2, -0.15) is 0 Å². The van der Waals surface area contributed by atoms with Crippen LogP contribution in [0.1, 0.15) is 37.1 Å². The Hall–Kier alpha value is -0.450. The van der Waals surface area contributed by atoms with E-state index in [1.54, 1.807) is 11.3 Å².